The Morgan fingerprint density at radius 2 is 1.71 bits per heavy atom. The maximum Gasteiger partial charge on any atom is 0.266 e. The summed E-state index contributed by atoms with van der Waals surface area (Å²) in [6.45, 7) is 0. The molecule has 3 aromatic rings. The SMILES string of the molecule is N#Cc1c(-c2ccncc2)cc(-c2ccccc2)[nH]c1=O. The van der Waals surface area contributed by atoms with Crippen LogP contribution >= 0.6 is 0 Å². The smallest absolute Gasteiger partial charge is 0.266 e. The fraction of sp³-hybridized carbons (Fsp3) is 0. The average molecular weight is 273 g/mol. The van der Waals surface area contributed by atoms with E-state index in [9.17, 15) is 10.1 Å². The van der Waals surface area contributed by atoms with Crippen molar-refractivity contribution in [3.63, 3.8) is 0 Å². The van der Waals surface area contributed by atoms with Crippen molar-refractivity contribution in [2.75, 3.05) is 0 Å². The van der Waals surface area contributed by atoms with Gasteiger partial charge in [0.1, 0.15) is 11.6 Å². The number of nitrogens with one attached hydrogen (secondary N) is 1. The summed E-state index contributed by atoms with van der Waals surface area (Å²) >= 11 is 0. The molecule has 0 radical (unpaired) electrons. The second kappa shape index (κ2) is 5.43. The molecule has 100 valence electrons. The number of aromatic nitrogens is 2. The minimum atomic E-state index is -0.384. The average Bonchev–Trinajstić information content (AvgIpc) is 2.55. The van der Waals surface area contributed by atoms with Gasteiger partial charge in [0.15, 0.2) is 0 Å². The maximum absolute atomic E-state index is 12.1. The van der Waals surface area contributed by atoms with Crippen molar-refractivity contribution in [3.8, 4) is 28.5 Å². The number of nitriles is 1. The molecule has 0 unspecified atom stereocenters. The first-order valence-corrected chi connectivity index (χ1v) is 6.43. The molecule has 0 amide bonds. The van der Waals surface area contributed by atoms with E-state index in [1.165, 1.54) is 0 Å². The Morgan fingerprint density at radius 1 is 1.00 bits per heavy atom. The van der Waals surface area contributed by atoms with Crippen molar-refractivity contribution in [2.45, 2.75) is 0 Å². The second-order valence-electron chi connectivity index (χ2n) is 4.51. The van der Waals surface area contributed by atoms with Crippen LogP contribution in [0.2, 0.25) is 0 Å². The van der Waals surface area contributed by atoms with Crippen LogP contribution in [0.25, 0.3) is 22.4 Å². The molecular weight excluding hydrogens is 262 g/mol. The van der Waals surface area contributed by atoms with Gasteiger partial charge in [-0.1, -0.05) is 30.3 Å². The second-order valence-corrected chi connectivity index (χ2v) is 4.51. The number of rotatable bonds is 2. The van der Waals surface area contributed by atoms with Gasteiger partial charge < -0.3 is 4.98 Å². The summed E-state index contributed by atoms with van der Waals surface area (Å²) in [4.78, 5) is 18.9. The summed E-state index contributed by atoms with van der Waals surface area (Å²) in [5.41, 5.74) is 2.72. The van der Waals surface area contributed by atoms with Crippen molar-refractivity contribution < 1.29 is 0 Å². The summed E-state index contributed by atoms with van der Waals surface area (Å²) in [7, 11) is 0. The van der Waals surface area contributed by atoms with E-state index in [1.807, 2.05) is 42.5 Å². The molecule has 0 bridgehead atoms. The summed E-state index contributed by atoms with van der Waals surface area (Å²) in [6, 6.07) is 16.9. The summed E-state index contributed by atoms with van der Waals surface area (Å²) in [5.74, 6) is 0. The quantitative estimate of drug-likeness (QED) is 0.780. The molecule has 2 aromatic heterocycles. The van der Waals surface area contributed by atoms with Gasteiger partial charge in [-0.2, -0.15) is 5.26 Å². The fourth-order valence-electron chi connectivity index (χ4n) is 2.20. The van der Waals surface area contributed by atoms with E-state index >= 15 is 0 Å². The van der Waals surface area contributed by atoms with E-state index in [2.05, 4.69) is 9.97 Å². The molecule has 0 aliphatic rings. The van der Waals surface area contributed by atoms with Crippen molar-refractivity contribution in [2.24, 2.45) is 0 Å². The van der Waals surface area contributed by atoms with Crippen LogP contribution in [-0.2, 0) is 0 Å². The Morgan fingerprint density at radius 3 is 2.38 bits per heavy atom. The Labute approximate surface area is 121 Å². The Bertz CT molecular complexity index is 862. The van der Waals surface area contributed by atoms with Gasteiger partial charge in [0.25, 0.3) is 5.56 Å². The highest BCUT2D eigenvalue weighted by Crippen LogP contribution is 2.25. The zero-order chi connectivity index (χ0) is 14.7. The van der Waals surface area contributed by atoms with E-state index in [1.54, 1.807) is 24.5 Å². The molecule has 4 heteroatoms. The standard InChI is InChI=1S/C17H11N3O/c18-11-15-14(12-6-8-19-9-7-12)10-16(20-17(15)21)13-4-2-1-3-5-13/h1-10H,(H,20,21). The lowest BCUT2D eigenvalue weighted by molar-refractivity contribution is 1.22. The third kappa shape index (κ3) is 2.45. The third-order valence-electron chi connectivity index (χ3n) is 3.22. The number of hydrogen-bond donors (Lipinski definition) is 1. The molecule has 0 saturated carbocycles. The fourth-order valence-corrected chi connectivity index (χ4v) is 2.20. The van der Waals surface area contributed by atoms with E-state index in [4.69, 9.17) is 0 Å². The molecule has 0 atom stereocenters. The van der Waals surface area contributed by atoms with Gasteiger partial charge in [-0.05, 0) is 29.3 Å². The van der Waals surface area contributed by atoms with E-state index in [0.717, 1.165) is 11.1 Å². The molecule has 2 heterocycles. The number of H-pyrrole nitrogens is 1. The molecule has 21 heavy (non-hydrogen) atoms. The zero-order valence-electron chi connectivity index (χ0n) is 11.1. The van der Waals surface area contributed by atoms with Crippen molar-refractivity contribution in [1.82, 2.24) is 9.97 Å². The Hall–Kier alpha value is -3.19. The first-order chi connectivity index (χ1) is 10.3. The minimum absolute atomic E-state index is 0.112. The largest absolute Gasteiger partial charge is 0.321 e. The van der Waals surface area contributed by atoms with Crippen LogP contribution in [-0.4, -0.2) is 9.97 Å². The summed E-state index contributed by atoms with van der Waals surface area (Å²) in [6.07, 6.45) is 3.28. The maximum atomic E-state index is 12.1. The van der Waals surface area contributed by atoms with E-state index < -0.39 is 0 Å². The molecule has 0 aliphatic heterocycles. The van der Waals surface area contributed by atoms with Crippen LogP contribution in [0.3, 0.4) is 0 Å². The number of hydrogen-bond acceptors (Lipinski definition) is 3. The Kier molecular flexibility index (Phi) is 3.32. The van der Waals surface area contributed by atoms with Gasteiger partial charge in [-0.15, -0.1) is 0 Å². The molecule has 4 nitrogen and oxygen atoms in total. The lowest BCUT2D eigenvalue weighted by Crippen LogP contribution is -2.12. The lowest BCUT2D eigenvalue weighted by atomic mass is 10.00. The lowest BCUT2D eigenvalue weighted by Gasteiger charge is -2.07. The number of aromatic amines is 1. The van der Waals surface area contributed by atoms with Gasteiger partial charge in [0, 0.05) is 23.7 Å². The molecular formula is C17H11N3O. The van der Waals surface area contributed by atoms with E-state index in [0.29, 0.717) is 11.3 Å². The van der Waals surface area contributed by atoms with Gasteiger partial charge in [-0.25, -0.2) is 0 Å². The minimum Gasteiger partial charge on any atom is -0.321 e. The normalized spacial score (nSPS) is 10.0. The van der Waals surface area contributed by atoms with Gasteiger partial charge in [0.2, 0.25) is 0 Å². The van der Waals surface area contributed by atoms with Crippen molar-refractivity contribution in [1.29, 1.82) is 5.26 Å². The predicted octanol–water partition coefficient (Wildman–Crippen LogP) is 2.98. The number of benzene rings is 1. The Balaban J connectivity index is 2.27. The number of nitrogens with zero attached hydrogens (tertiary/aromatic N) is 2. The molecule has 3 rings (SSSR count). The van der Waals surface area contributed by atoms with Crippen molar-refractivity contribution >= 4 is 0 Å². The molecule has 1 N–H and O–H groups in total. The monoisotopic (exact) mass is 273 g/mol. The molecule has 1 aromatic carbocycles. The molecule has 0 fully saturated rings. The van der Waals surface area contributed by atoms with Crippen LogP contribution in [0.1, 0.15) is 5.56 Å². The highest BCUT2D eigenvalue weighted by molar-refractivity contribution is 5.74. The van der Waals surface area contributed by atoms with Gasteiger partial charge in [0.05, 0.1) is 0 Å². The highest BCUT2D eigenvalue weighted by atomic mass is 16.1. The molecule has 0 aliphatic carbocycles. The van der Waals surface area contributed by atoms with Crippen molar-refractivity contribution in [3.05, 3.63) is 76.8 Å². The molecule has 0 saturated heterocycles. The van der Waals surface area contributed by atoms with Gasteiger partial charge in [-0.3, -0.25) is 9.78 Å². The van der Waals surface area contributed by atoms with Crippen LogP contribution in [0, 0.1) is 11.3 Å². The van der Waals surface area contributed by atoms with Crippen LogP contribution in [0.15, 0.2) is 65.7 Å². The topological polar surface area (TPSA) is 69.5 Å². The highest BCUT2D eigenvalue weighted by Gasteiger charge is 2.12. The van der Waals surface area contributed by atoms with Crippen LogP contribution in [0.4, 0.5) is 0 Å². The first-order valence-electron chi connectivity index (χ1n) is 6.43. The molecule has 0 spiro atoms. The predicted molar refractivity (Wildman–Crippen MR) is 80.4 cm³/mol. The van der Waals surface area contributed by atoms with Gasteiger partial charge >= 0.3 is 0 Å². The number of pyridine rings is 2. The third-order valence-corrected chi connectivity index (χ3v) is 3.22. The summed E-state index contributed by atoms with van der Waals surface area (Å²) < 4.78 is 0. The van der Waals surface area contributed by atoms with Crippen LogP contribution < -0.4 is 5.56 Å². The van der Waals surface area contributed by atoms with E-state index in [-0.39, 0.29) is 11.1 Å². The first kappa shape index (κ1) is 12.8. The zero-order valence-corrected chi connectivity index (χ0v) is 11.1. The van der Waals surface area contributed by atoms with Crippen LogP contribution in [0.5, 0.6) is 0 Å². The summed E-state index contributed by atoms with van der Waals surface area (Å²) in [5, 5.41) is 9.24.